The summed E-state index contributed by atoms with van der Waals surface area (Å²) >= 11 is 0. The van der Waals surface area contributed by atoms with Crippen molar-refractivity contribution in [3.05, 3.63) is 0 Å². The van der Waals surface area contributed by atoms with Crippen LogP contribution in [-0.2, 0) is 33.2 Å². The summed E-state index contributed by atoms with van der Waals surface area (Å²) in [6.07, 6.45) is 0.752. The second-order valence-corrected chi connectivity index (χ2v) is 5.82. The Morgan fingerprint density at radius 2 is 1.08 bits per heavy atom. The van der Waals surface area contributed by atoms with Crippen LogP contribution in [0.3, 0.4) is 0 Å². The van der Waals surface area contributed by atoms with E-state index >= 15 is 0 Å². The van der Waals surface area contributed by atoms with Gasteiger partial charge in [-0.15, -0.1) is 0 Å². The molecule has 24 heavy (non-hydrogen) atoms. The van der Waals surface area contributed by atoms with E-state index in [1.54, 1.807) is 7.11 Å². The maximum absolute atomic E-state index is 11.7. The SMILES string of the molecule is CCC(C)(C)C(=O)OCCOCCOCCOCCOCCOC. The molecule has 0 aromatic heterocycles. The second-order valence-electron chi connectivity index (χ2n) is 5.82. The lowest BCUT2D eigenvalue weighted by Gasteiger charge is -2.20. The molecule has 0 aliphatic rings. The lowest BCUT2D eigenvalue weighted by Crippen LogP contribution is -2.27. The van der Waals surface area contributed by atoms with Gasteiger partial charge in [-0.1, -0.05) is 6.92 Å². The Bertz CT molecular complexity index is 295. The summed E-state index contributed by atoms with van der Waals surface area (Å²) in [6, 6.07) is 0. The van der Waals surface area contributed by atoms with Crippen LogP contribution in [-0.4, -0.2) is 79.1 Å². The number of methoxy groups -OCH3 is 1. The van der Waals surface area contributed by atoms with Crippen LogP contribution in [0.2, 0.25) is 0 Å². The summed E-state index contributed by atoms with van der Waals surface area (Å²) < 4.78 is 31.3. The number of esters is 1. The minimum absolute atomic E-state index is 0.187. The number of carbonyl (C=O) groups excluding carboxylic acids is 1. The van der Waals surface area contributed by atoms with Crippen LogP contribution in [0.25, 0.3) is 0 Å². The molecular weight excluding hydrogens is 316 g/mol. The van der Waals surface area contributed by atoms with E-state index in [1.165, 1.54) is 0 Å². The maximum Gasteiger partial charge on any atom is 0.311 e. The van der Waals surface area contributed by atoms with E-state index in [-0.39, 0.29) is 12.6 Å². The summed E-state index contributed by atoms with van der Waals surface area (Å²) in [7, 11) is 1.64. The van der Waals surface area contributed by atoms with Gasteiger partial charge in [0.15, 0.2) is 0 Å². The normalized spacial score (nSPS) is 11.7. The summed E-state index contributed by atoms with van der Waals surface area (Å²) in [6.45, 7) is 10.6. The van der Waals surface area contributed by atoms with Crippen LogP contribution < -0.4 is 0 Å². The van der Waals surface area contributed by atoms with Gasteiger partial charge in [-0.25, -0.2) is 0 Å². The zero-order valence-electron chi connectivity index (χ0n) is 15.6. The standard InChI is InChI=1S/C17H34O7/c1-5-17(2,3)16(18)24-15-14-23-13-12-22-11-10-21-9-8-20-7-6-19-4/h5-15H2,1-4H3. The van der Waals surface area contributed by atoms with E-state index in [1.807, 2.05) is 20.8 Å². The number of hydrogen-bond donors (Lipinski definition) is 0. The van der Waals surface area contributed by atoms with Gasteiger partial charge in [0, 0.05) is 7.11 Å². The van der Waals surface area contributed by atoms with Gasteiger partial charge in [-0.3, -0.25) is 4.79 Å². The van der Waals surface area contributed by atoms with Gasteiger partial charge in [0.1, 0.15) is 6.61 Å². The van der Waals surface area contributed by atoms with Crippen molar-refractivity contribution < 1.29 is 33.2 Å². The van der Waals surface area contributed by atoms with E-state index in [2.05, 4.69) is 0 Å². The smallest absolute Gasteiger partial charge is 0.311 e. The lowest BCUT2D eigenvalue weighted by molar-refractivity contribution is -0.155. The Balaban J connectivity index is 3.19. The average molecular weight is 350 g/mol. The molecule has 0 aliphatic heterocycles. The van der Waals surface area contributed by atoms with Crippen LogP contribution in [0.4, 0.5) is 0 Å². The van der Waals surface area contributed by atoms with Crippen molar-refractivity contribution in [2.75, 3.05) is 73.2 Å². The van der Waals surface area contributed by atoms with E-state index in [0.717, 1.165) is 6.42 Å². The second kappa shape index (κ2) is 15.8. The summed E-state index contributed by atoms with van der Waals surface area (Å²) in [5, 5.41) is 0. The van der Waals surface area contributed by atoms with Crippen molar-refractivity contribution in [2.24, 2.45) is 5.41 Å². The van der Waals surface area contributed by atoms with Gasteiger partial charge < -0.3 is 28.4 Å². The first-order valence-corrected chi connectivity index (χ1v) is 8.51. The fourth-order valence-corrected chi connectivity index (χ4v) is 1.44. The molecule has 0 amide bonds. The molecule has 0 aromatic carbocycles. The zero-order valence-corrected chi connectivity index (χ0v) is 15.6. The van der Waals surface area contributed by atoms with Crippen molar-refractivity contribution in [2.45, 2.75) is 27.2 Å². The van der Waals surface area contributed by atoms with E-state index in [0.29, 0.717) is 59.5 Å². The summed E-state index contributed by atoms with van der Waals surface area (Å²) in [5.74, 6) is -0.187. The van der Waals surface area contributed by atoms with Crippen molar-refractivity contribution in [3.8, 4) is 0 Å². The third-order valence-corrected chi connectivity index (χ3v) is 3.45. The van der Waals surface area contributed by atoms with Crippen molar-refractivity contribution in [3.63, 3.8) is 0 Å². The molecule has 0 spiro atoms. The molecule has 0 aromatic rings. The van der Waals surface area contributed by atoms with Crippen LogP contribution in [0.15, 0.2) is 0 Å². The zero-order chi connectivity index (χ0) is 18.1. The topological polar surface area (TPSA) is 72.5 Å². The Labute approximate surface area is 145 Å². The van der Waals surface area contributed by atoms with Crippen molar-refractivity contribution in [1.82, 2.24) is 0 Å². The lowest BCUT2D eigenvalue weighted by atomic mass is 9.91. The largest absolute Gasteiger partial charge is 0.463 e. The molecule has 7 heteroatoms. The third kappa shape index (κ3) is 13.7. The molecule has 0 radical (unpaired) electrons. The summed E-state index contributed by atoms with van der Waals surface area (Å²) in [5.41, 5.74) is -0.433. The molecule has 0 atom stereocenters. The van der Waals surface area contributed by atoms with Crippen LogP contribution >= 0.6 is 0 Å². The van der Waals surface area contributed by atoms with Crippen LogP contribution in [0.5, 0.6) is 0 Å². The Kier molecular flexibility index (Phi) is 15.3. The van der Waals surface area contributed by atoms with Gasteiger partial charge in [-0.2, -0.15) is 0 Å². The Morgan fingerprint density at radius 3 is 1.46 bits per heavy atom. The molecule has 0 unspecified atom stereocenters. The monoisotopic (exact) mass is 350 g/mol. The number of hydrogen-bond acceptors (Lipinski definition) is 7. The Hall–Kier alpha value is -0.730. The van der Waals surface area contributed by atoms with E-state index in [4.69, 9.17) is 28.4 Å². The third-order valence-electron chi connectivity index (χ3n) is 3.45. The molecule has 0 bridgehead atoms. The maximum atomic E-state index is 11.7. The average Bonchev–Trinajstić information content (AvgIpc) is 2.58. The first-order valence-electron chi connectivity index (χ1n) is 8.51. The van der Waals surface area contributed by atoms with E-state index < -0.39 is 5.41 Å². The molecule has 0 saturated carbocycles. The number of rotatable bonds is 17. The summed E-state index contributed by atoms with van der Waals surface area (Å²) in [4.78, 5) is 11.7. The first kappa shape index (κ1) is 23.3. The highest BCUT2D eigenvalue weighted by Gasteiger charge is 2.26. The van der Waals surface area contributed by atoms with Gasteiger partial charge >= 0.3 is 5.97 Å². The highest BCUT2D eigenvalue weighted by molar-refractivity contribution is 5.75. The fourth-order valence-electron chi connectivity index (χ4n) is 1.44. The fraction of sp³-hybridized carbons (Fsp3) is 0.941. The highest BCUT2D eigenvalue weighted by Crippen LogP contribution is 2.21. The molecule has 144 valence electrons. The molecule has 0 N–H and O–H groups in total. The predicted molar refractivity (Wildman–Crippen MR) is 90.2 cm³/mol. The van der Waals surface area contributed by atoms with Gasteiger partial charge in [0.25, 0.3) is 0 Å². The quantitative estimate of drug-likeness (QED) is 0.292. The van der Waals surface area contributed by atoms with Crippen LogP contribution in [0, 0.1) is 5.41 Å². The minimum atomic E-state index is -0.433. The van der Waals surface area contributed by atoms with Crippen molar-refractivity contribution in [1.29, 1.82) is 0 Å². The predicted octanol–water partition coefficient (Wildman–Crippen LogP) is 1.68. The minimum Gasteiger partial charge on any atom is -0.463 e. The molecule has 7 nitrogen and oxygen atoms in total. The van der Waals surface area contributed by atoms with Gasteiger partial charge in [0.2, 0.25) is 0 Å². The molecular formula is C17H34O7. The van der Waals surface area contributed by atoms with Gasteiger partial charge in [-0.05, 0) is 20.3 Å². The first-order chi connectivity index (χ1) is 11.5. The number of carbonyl (C=O) groups is 1. The molecule has 0 aliphatic carbocycles. The highest BCUT2D eigenvalue weighted by atomic mass is 16.6. The number of ether oxygens (including phenoxy) is 6. The van der Waals surface area contributed by atoms with Crippen molar-refractivity contribution >= 4 is 5.97 Å². The molecule has 0 saturated heterocycles. The Morgan fingerprint density at radius 1 is 0.708 bits per heavy atom. The van der Waals surface area contributed by atoms with Gasteiger partial charge in [0.05, 0.1) is 64.9 Å². The molecule has 0 rings (SSSR count). The molecule has 0 heterocycles. The van der Waals surface area contributed by atoms with Crippen LogP contribution in [0.1, 0.15) is 27.2 Å². The molecule has 0 fully saturated rings. The van der Waals surface area contributed by atoms with E-state index in [9.17, 15) is 4.79 Å².